The number of nitrogens with one attached hydrogen (secondary N) is 2. The van der Waals surface area contributed by atoms with Crippen molar-refractivity contribution in [1.82, 2.24) is 15.5 Å². The molecule has 32 heavy (non-hydrogen) atoms. The predicted octanol–water partition coefficient (Wildman–Crippen LogP) is 2.34. The second-order valence-corrected chi connectivity index (χ2v) is 9.80. The number of hydrogen-bond acceptors (Lipinski definition) is 4. The molecular weight excluding hydrogens is 404 g/mol. The van der Waals surface area contributed by atoms with Crippen LogP contribution in [-0.4, -0.2) is 54.0 Å². The maximum absolute atomic E-state index is 12.8. The van der Waals surface area contributed by atoms with E-state index in [1.807, 2.05) is 34.1 Å². The van der Waals surface area contributed by atoms with Crippen molar-refractivity contribution < 1.29 is 14.4 Å². The first-order chi connectivity index (χ1) is 15.6. The molecule has 0 radical (unpaired) electrons. The molecule has 172 valence electrons. The van der Waals surface area contributed by atoms with Gasteiger partial charge in [0.05, 0.1) is 18.5 Å². The number of anilines is 1. The van der Waals surface area contributed by atoms with Crippen LogP contribution in [0.5, 0.6) is 0 Å². The molecule has 1 aliphatic carbocycles. The van der Waals surface area contributed by atoms with Gasteiger partial charge in [0.1, 0.15) is 0 Å². The van der Waals surface area contributed by atoms with Gasteiger partial charge in [0.25, 0.3) is 0 Å². The molecule has 1 aromatic rings. The highest BCUT2D eigenvalue weighted by molar-refractivity contribution is 6.01. The van der Waals surface area contributed by atoms with Crippen LogP contribution in [0.2, 0.25) is 0 Å². The largest absolute Gasteiger partial charge is 0.343 e. The summed E-state index contributed by atoms with van der Waals surface area (Å²) in [6, 6.07) is 8.52. The lowest BCUT2D eigenvalue weighted by molar-refractivity contribution is -0.132. The van der Waals surface area contributed by atoms with Crippen LogP contribution < -0.4 is 15.5 Å². The molecule has 3 aliphatic heterocycles. The fraction of sp³-hybridized carbons (Fsp3) is 0.640. The molecule has 2 saturated heterocycles. The standard InChI is InChI=1S/C25H34N4O3/c30-23(11-5-10-22-26-20-8-3-2-7-19(20)25(32)27-22)28-14-12-18(13-15-28)29-21-9-4-1-6-17(21)16-24(29)31/h1,4,6,9,18-20,22,26H,2-3,5,7-8,10-16H2,(H,27,32). The summed E-state index contributed by atoms with van der Waals surface area (Å²) >= 11 is 0. The first-order valence-electron chi connectivity index (χ1n) is 12.3. The molecule has 5 rings (SSSR count). The molecule has 1 aromatic carbocycles. The number of amides is 3. The number of carbonyl (C=O) groups is 3. The topological polar surface area (TPSA) is 81.8 Å². The van der Waals surface area contributed by atoms with Gasteiger partial charge in [-0.05, 0) is 50.2 Å². The average Bonchev–Trinajstić information content (AvgIpc) is 3.15. The Morgan fingerprint density at radius 3 is 2.66 bits per heavy atom. The van der Waals surface area contributed by atoms with Gasteiger partial charge in [-0.15, -0.1) is 0 Å². The van der Waals surface area contributed by atoms with Crippen LogP contribution in [0, 0.1) is 5.92 Å². The van der Waals surface area contributed by atoms with E-state index in [1.54, 1.807) is 0 Å². The van der Waals surface area contributed by atoms with Gasteiger partial charge in [0, 0.05) is 37.3 Å². The Labute approximate surface area is 189 Å². The summed E-state index contributed by atoms with van der Waals surface area (Å²) in [6.07, 6.45) is 8.60. The summed E-state index contributed by atoms with van der Waals surface area (Å²) in [7, 11) is 0. The zero-order chi connectivity index (χ0) is 22.1. The minimum atomic E-state index is -0.0124. The van der Waals surface area contributed by atoms with E-state index >= 15 is 0 Å². The highest BCUT2D eigenvalue weighted by atomic mass is 16.2. The van der Waals surface area contributed by atoms with Crippen LogP contribution >= 0.6 is 0 Å². The van der Waals surface area contributed by atoms with Crippen molar-refractivity contribution in [1.29, 1.82) is 0 Å². The zero-order valence-electron chi connectivity index (χ0n) is 18.7. The Morgan fingerprint density at radius 1 is 1.03 bits per heavy atom. The van der Waals surface area contributed by atoms with E-state index in [-0.39, 0.29) is 35.8 Å². The Kier molecular flexibility index (Phi) is 6.17. The number of fused-ring (bicyclic) bond motifs is 2. The smallest absolute Gasteiger partial charge is 0.231 e. The molecule has 3 unspecified atom stereocenters. The van der Waals surface area contributed by atoms with Crippen LogP contribution in [0.1, 0.15) is 63.4 Å². The average molecular weight is 439 g/mol. The molecule has 4 aliphatic rings. The molecule has 0 aromatic heterocycles. The van der Waals surface area contributed by atoms with Crippen LogP contribution in [0.15, 0.2) is 24.3 Å². The van der Waals surface area contributed by atoms with Crippen molar-refractivity contribution in [2.24, 2.45) is 5.92 Å². The number of para-hydroxylation sites is 1. The molecule has 7 heteroatoms. The minimum Gasteiger partial charge on any atom is -0.343 e. The Hall–Kier alpha value is -2.41. The van der Waals surface area contributed by atoms with E-state index in [9.17, 15) is 14.4 Å². The van der Waals surface area contributed by atoms with Crippen molar-refractivity contribution in [3.05, 3.63) is 29.8 Å². The van der Waals surface area contributed by atoms with E-state index in [4.69, 9.17) is 0 Å². The van der Waals surface area contributed by atoms with Gasteiger partial charge >= 0.3 is 0 Å². The number of likely N-dealkylation sites (tertiary alicyclic amines) is 1. The Bertz CT molecular complexity index is 880. The third-order valence-electron chi connectivity index (χ3n) is 7.76. The van der Waals surface area contributed by atoms with E-state index in [0.717, 1.165) is 56.2 Å². The second kappa shape index (κ2) is 9.22. The number of hydrogen-bond donors (Lipinski definition) is 2. The first-order valence-corrected chi connectivity index (χ1v) is 12.3. The summed E-state index contributed by atoms with van der Waals surface area (Å²) in [6.45, 7) is 1.41. The Morgan fingerprint density at radius 2 is 1.81 bits per heavy atom. The summed E-state index contributed by atoms with van der Waals surface area (Å²) in [5, 5.41) is 6.70. The third kappa shape index (κ3) is 4.27. The number of rotatable bonds is 5. The molecule has 2 N–H and O–H groups in total. The molecule has 3 atom stereocenters. The van der Waals surface area contributed by atoms with E-state index in [1.165, 1.54) is 6.42 Å². The zero-order valence-corrected chi connectivity index (χ0v) is 18.7. The van der Waals surface area contributed by atoms with Gasteiger partial charge in [0.15, 0.2) is 0 Å². The normalized spacial score (nSPS) is 28.3. The summed E-state index contributed by atoms with van der Waals surface area (Å²) < 4.78 is 0. The van der Waals surface area contributed by atoms with Gasteiger partial charge in [-0.25, -0.2) is 0 Å². The molecule has 7 nitrogen and oxygen atoms in total. The SMILES string of the molecule is O=C1NC(CCCC(=O)N2CCC(N3C(=O)Cc4ccccc43)CC2)NC2CCCCC12. The number of carbonyl (C=O) groups excluding carboxylic acids is 3. The lowest BCUT2D eigenvalue weighted by Crippen LogP contribution is -2.62. The highest BCUT2D eigenvalue weighted by Gasteiger charge is 2.37. The molecule has 0 bridgehead atoms. The van der Waals surface area contributed by atoms with Crippen LogP contribution in [0.3, 0.4) is 0 Å². The third-order valence-corrected chi connectivity index (χ3v) is 7.76. The maximum Gasteiger partial charge on any atom is 0.231 e. The Balaban J connectivity index is 1.07. The number of benzene rings is 1. The molecule has 1 saturated carbocycles. The quantitative estimate of drug-likeness (QED) is 0.739. The maximum atomic E-state index is 12.8. The molecule has 3 heterocycles. The summed E-state index contributed by atoms with van der Waals surface area (Å²) in [5.41, 5.74) is 2.16. The van der Waals surface area contributed by atoms with Gasteiger partial charge in [-0.1, -0.05) is 31.0 Å². The van der Waals surface area contributed by atoms with Gasteiger partial charge in [-0.3, -0.25) is 19.7 Å². The summed E-state index contributed by atoms with van der Waals surface area (Å²) in [5.74, 6) is 0.676. The van der Waals surface area contributed by atoms with Crippen LogP contribution in [0.25, 0.3) is 0 Å². The van der Waals surface area contributed by atoms with Crippen LogP contribution in [-0.2, 0) is 20.8 Å². The van der Waals surface area contributed by atoms with E-state index < -0.39 is 0 Å². The fourth-order valence-electron chi connectivity index (χ4n) is 6.05. The van der Waals surface area contributed by atoms with Crippen molar-refractivity contribution in [3.63, 3.8) is 0 Å². The van der Waals surface area contributed by atoms with Gasteiger partial charge in [-0.2, -0.15) is 0 Å². The summed E-state index contributed by atoms with van der Waals surface area (Å²) in [4.78, 5) is 41.6. The second-order valence-electron chi connectivity index (χ2n) is 9.80. The number of nitrogens with zero attached hydrogens (tertiary/aromatic N) is 2. The van der Waals surface area contributed by atoms with E-state index in [0.29, 0.717) is 32.0 Å². The molecule has 3 amide bonds. The van der Waals surface area contributed by atoms with Crippen molar-refractivity contribution in [3.8, 4) is 0 Å². The highest BCUT2D eigenvalue weighted by Crippen LogP contribution is 2.33. The lowest BCUT2D eigenvalue weighted by Gasteiger charge is -2.40. The lowest BCUT2D eigenvalue weighted by atomic mass is 9.82. The van der Waals surface area contributed by atoms with E-state index in [2.05, 4.69) is 10.6 Å². The van der Waals surface area contributed by atoms with Gasteiger partial charge in [0.2, 0.25) is 17.7 Å². The monoisotopic (exact) mass is 438 g/mol. The van der Waals surface area contributed by atoms with Crippen molar-refractivity contribution >= 4 is 23.4 Å². The number of piperidine rings is 1. The molecule has 0 spiro atoms. The molecular formula is C25H34N4O3. The van der Waals surface area contributed by atoms with Crippen molar-refractivity contribution in [2.75, 3.05) is 18.0 Å². The minimum absolute atomic E-state index is 0.0124. The predicted molar refractivity (Wildman–Crippen MR) is 122 cm³/mol. The molecule has 3 fully saturated rings. The van der Waals surface area contributed by atoms with Crippen molar-refractivity contribution in [2.45, 2.75) is 82.5 Å². The first kappa shape index (κ1) is 21.4. The van der Waals surface area contributed by atoms with Crippen LogP contribution in [0.4, 0.5) is 5.69 Å². The van der Waals surface area contributed by atoms with Gasteiger partial charge < -0.3 is 15.1 Å². The fourth-order valence-corrected chi connectivity index (χ4v) is 6.05.